The van der Waals surface area contributed by atoms with E-state index in [-0.39, 0.29) is 29.1 Å². The van der Waals surface area contributed by atoms with E-state index in [1.165, 1.54) is 0 Å². The van der Waals surface area contributed by atoms with Gasteiger partial charge in [0.2, 0.25) is 5.91 Å². The number of amides is 1. The number of hydrogen-bond acceptors (Lipinski definition) is 4. The molecule has 1 amide bonds. The lowest BCUT2D eigenvalue weighted by atomic mass is 9.75. The van der Waals surface area contributed by atoms with Crippen molar-refractivity contribution in [3.05, 3.63) is 0 Å². The molecule has 0 aromatic carbocycles. The predicted octanol–water partition coefficient (Wildman–Crippen LogP) is 3.33. The average molecular weight is 368 g/mol. The summed E-state index contributed by atoms with van der Waals surface area (Å²) in [5.74, 6) is 0.678. The number of fused-ring (bicyclic) bond motifs is 2. The minimum atomic E-state index is -0.561. The number of aliphatic hydroxyl groups excluding tert-OH is 1. The molecule has 0 spiro atoms. The minimum Gasteiger partial charge on any atom is -0.393 e. The van der Waals surface area contributed by atoms with Gasteiger partial charge in [0, 0.05) is 37.8 Å². The number of carbonyl (C=O) groups excluding carboxylic acids is 2. The highest BCUT2D eigenvalue weighted by molar-refractivity contribution is 5.81. The number of carbonyl (C=O) groups is 2. The van der Waals surface area contributed by atoms with Gasteiger partial charge in [-0.2, -0.15) is 0 Å². The van der Waals surface area contributed by atoms with Crippen LogP contribution in [0.2, 0.25) is 0 Å². The molecule has 4 atom stereocenters. The Hall–Kier alpha value is -0.940. The molecule has 26 heavy (non-hydrogen) atoms. The van der Waals surface area contributed by atoms with Gasteiger partial charge in [0.15, 0.2) is 0 Å². The molecule has 0 aromatic heterocycles. The molecular weight excluding hydrogens is 330 g/mol. The van der Waals surface area contributed by atoms with Crippen LogP contribution in [0.15, 0.2) is 0 Å². The zero-order valence-electron chi connectivity index (χ0n) is 17.2. The van der Waals surface area contributed by atoms with Gasteiger partial charge >= 0.3 is 0 Å². The maximum Gasteiger partial charge on any atom is 0.227 e. The number of nitrogens with zero attached hydrogens (tertiary/aromatic N) is 1. The zero-order chi connectivity index (χ0) is 19.5. The summed E-state index contributed by atoms with van der Waals surface area (Å²) in [7, 11) is 1.91. The van der Waals surface area contributed by atoms with E-state index in [0.29, 0.717) is 18.4 Å². The third-order valence-electron chi connectivity index (χ3n) is 6.46. The number of rotatable bonds is 10. The highest BCUT2D eigenvalue weighted by Gasteiger charge is 2.53. The van der Waals surface area contributed by atoms with E-state index in [9.17, 15) is 14.7 Å². The summed E-state index contributed by atoms with van der Waals surface area (Å²) >= 11 is 0. The lowest BCUT2D eigenvalue weighted by molar-refractivity contribution is -0.140. The Labute approximate surface area is 158 Å². The van der Waals surface area contributed by atoms with Gasteiger partial charge in [0.1, 0.15) is 5.78 Å². The fraction of sp³-hybridized carbons (Fsp3) is 0.905. The van der Waals surface area contributed by atoms with Crippen LogP contribution in [-0.2, 0) is 14.3 Å². The second kappa shape index (κ2) is 8.39. The van der Waals surface area contributed by atoms with Gasteiger partial charge < -0.3 is 14.7 Å². The van der Waals surface area contributed by atoms with Gasteiger partial charge in [-0.05, 0) is 45.4 Å². The zero-order valence-corrected chi connectivity index (χ0v) is 17.2. The molecule has 1 N–H and O–H groups in total. The monoisotopic (exact) mass is 367 g/mol. The van der Waals surface area contributed by atoms with Gasteiger partial charge in [0.05, 0.1) is 17.8 Å². The van der Waals surface area contributed by atoms with Crippen molar-refractivity contribution in [2.75, 3.05) is 13.6 Å². The van der Waals surface area contributed by atoms with E-state index in [1.807, 2.05) is 25.8 Å². The minimum absolute atomic E-state index is 0.123. The van der Waals surface area contributed by atoms with Crippen LogP contribution >= 0.6 is 0 Å². The van der Waals surface area contributed by atoms with E-state index < -0.39 is 6.10 Å². The Kier molecular flexibility index (Phi) is 6.89. The molecule has 0 radical (unpaired) electrons. The van der Waals surface area contributed by atoms with Crippen molar-refractivity contribution in [3.63, 3.8) is 0 Å². The van der Waals surface area contributed by atoms with Crippen molar-refractivity contribution in [2.45, 2.75) is 96.9 Å². The van der Waals surface area contributed by atoms with Gasteiger partial charge in [-0.15, -0.1) is 0 Å². The third kappa shape index (κ3) is 4.86. The van der Waals surface area contributed by atoms with Crippen LogP contribution in [0.1, 0.15) is 79.1 Å². The maximum absolute atomic E-state index is 12.7. The van der Waals surface area contributed by atoms with Crippen LogP contribution in [0.25, 0.3) is 0 Å². The molecule has 0 saturated carbocycles. The van der Waals surface area contributed by atoms with Gasteiger partial charge in [-0.3, -0.25) is 9.59 Å². The highest BCUT2D eigenvalue weighted by atomic mass is 16.5. The van der Waals surface area contributed by atoms with E-state index in [2.05, 4.69) is 6.92 Å². The molecule has 0 aliphatic carbocycles. The van der Waals surface area contributed by atoms with Gasteiger partial charge in [0.25, 0.3) is 0 Å². The molecule has 1 unspecified atom stereocenters. The Morgan fingerprint density at radius 2 is 2.08 bits per heavy atom. The van der Waals surface area contributed by atoms with Crippen LogP contribution in [0.5, 0.6) is 0 Å². The van der Waals surface area contributed by atoms with Gasteiger partial charge in [-0.25, -0.2) is 0 Å². The largest absolute Gasteiger partial charge is 0.393 e. The first-order valence-corrected chi connectivity index (χ1v) is 10.2. The quantitative estimate of drug-likeness (QED) is 0.643. The molecule has 2 aliphatic rings. The summed E-state index contributed by atoms with van der Waals surface area (Å²) in [6.07, 6.45) is 6.15. The van der Waals surface area contributed by atoms with E-state index in [0.717, 1.165) is 45.1 Å². The van der Waals surface area contributed by atoms with E-state index in [1.54, 1.807) is 6.92 Å². The lowest BCUT2D eigenvalue weighted by Gasteiger charge is -2.37. The number of Topliss-reactive ketones (excluding diaryl/α,β-unsaturated/α-hetero) is 1. The number of hydrogen-bond donors (Lipinski definition) is 1. The topological polar surface area (TPSA) is 66.8 Å². The Morgan fingerprint density at radius 3 is 2.65 bits per heavy atom. The smallest absolute Gasteiger partial charge is 0.227 e. The first-order chi connectivity index (χ1) is 12.1. The van der Waals surface area contributed by atoms with Crippen molar-refractivity contribution in [3.8, 4) is 0 Å². The summed E-state index contributed by atoms with van der Waals surface area (Å²) in [5, 5.41) is 9.33. The molecule has 2 saturated heterocycles. The number of aliphatic hydroxyl groups is 1. The molecule has 0 aromatic rings. The van der Waals surface area contributed by atoms with Crippen molar-refractivity contribution < 1.29 is 19.4 Å². The number of ketones is 1. The normalized spacial score (nSPS) is 29.0. The summed E-state index contributed by atoms with van der Waals surface area (Å²) in [4.78, 5) is 26.5. The lowest BCUT2D eigenvalue weighted by Crippen LogP contribution is -2.46. The SMILES string of the molecule is CCC(C)(C)C(=O)N(C)C[C@@H]1C[C@H]2CC[C@]1(CCCC(=O)CC(C)O)O2. The molecule has 2 rings (SSSR count). The molecule has 5 nitrogen and oxygen atoms in total. The summed E-state index contributed by atoms with van der Waals surface area (Å²) in [5.41, 5.74) is -0.492. The van der Waals surface area contributed by atoms with Gasteiger partial charge in [-0.1, -0.05) is 20.8 Å². The molecule has 2 heterocycles. The average Bonchev–Trinajstić information content (AvgIpc) is 3.11. The summed E-state index contributed by atoms with van der Waals surface area (Å²) < 4.78 is 6.33. The van der Waals surface area contributed by atoms with E-state index >= 15 is 0 Å². The molecule has 2 bridgehead atoms. The first kappa shape index (κ1) is 21.4. The Balaban J connectivity index is 1.92. The van der Waals surface area contributed by atoms with E-state index in [4.69, 9.17) is 4.74 Å². The number of ether oxygens (including phenoxy) is 1. The van der Waals surface area contributed by atoms with Crippen LogP contribution in [0.4, 0.5) is 0 Å². The first-order valence-electron chi connectivity index (χ1n) is 10.2. The predicted molar refractivity (Wildman–Crippen MR) is 102 cm³/mol. The Morgan fingerprint density at radius 1 is 1.38 bits per heavy atom. The summed E-state index contributed by atoms with van der Waals surface area (Å²) in [6.45, 7) is 8.46. The van der Waals surface area contributed by atoms with Crippen molar-refractivity contribution in [1.82, 2.24) is 4.90 Å². The molecule has 5 heteroatoms. The second-order valence-corrected chi connectivity index (χ2v) is 9.14. The van der Waals surface area contributed by atoms with Crippen molar-refractivity contribution in [1.29, 1.82) is 0 Å². The second-order valence-electron chi connectivity index (χ2n) is 9.14. The van der Waals surface area contributed by atoms with Crippen LogP contribution in [0, 0.1) is 11.3 Å². The van der Waals surface area contributed by atoms with Crippen LogP contribution < -0.4 is 0 Å². The van der Waals surface area contributed by atoms with Crippen LogP contribution in [0.3, 0.4) is 0 Å². The Bertz CT molecular complexity index is 516. The molecule has 150 valence electrons. The molecular formula is C21H37NO4. The fourth-order valence-electron chi connectivity index (χ4n) is 4.58. The summed E-state index contributed by atoms with van der Waals surface area (Å²) in [6, 6.07) is 0. The van der Waals surface area contributed by atoms with Crippen molar-refractivity contribution >= 4 is 11.7 Å². The van der Waals surface area contributed by atoms with Crippen LogP contribution in [-0.4, -0.2) is 53.1 Å². The maximum atomic E-state index is 12.7. The molecule has 2 aliphatic heterocycles. The third-order valence-corrected chi connectivity index (χ3v) is 6.46. The molecule has 2 fully saturated rings. The fourth-order valence-corrected chi connectivity index (χ4v) is 4.58. The standard InChI is InChI=1S/C21H37NO4/c1-6-20(3,4)19(25)22(5)14-16-13-18-9-11-21(16,26-18)10-7-8-17(24)12-15(2)23/h15-16,18,23H,6-14H2,1-5H3/t15?,16-,18+,21-/m0/s1. The highest BCUT2D eigenvalue weighted by Crippen LogP contribution is 2.50. The van der Waals surface area contributed by atoms with Crippen molar-refractivity contribution in [2.24, 2.45) is 11.3 Å².